The Bertz CT molecular complexity index is 732. The van der Waals surface area contributed by atoms with Crippen molar-refractivity contribution in [3.63, 3.8) is 0 Å². The summed E-state index contributed by atoms with van der Waals surface area (Å²) in [7, 11) is 7.18. The van der Waals surface area contributed by atoms with E-state index in [2.05, 4.69) is 10.2 Å². The SMILES string of the molecule is COc1ccc(C(CNC(=O)Cc2ccc(Cl)cc2)N(C)C)cc1OC. The number of rotatable bonds is 8. The van der Waals surface area contributed by atoms with E-state index in [9.17, 15) is 4.79 Å². The molecule has 26 heavy (non-hydrogen) atoms. The third kappa shape index (κ3) is 5.38. The Morgan fingerprint density at radius 2 is 1.73 bits per heavy atom. The lowest BCUT2D eigenvalue weighted by atomic mass is 10.0. The van der Waals surface area contributed by atoms with Gasteiger partial charge in [0.15, 0.2) is 11.5 Å². The number of halogens is 1. The first-order valence-corrected chi connectivity index (χ1v) is 8.72. The van der Waals surface area contributed by atoms with E-state index < -0.39 is 0 Å². The van der Waals surface area contributed by atoms with Crippen LogP contribution in [0, 0.1) is 0 Å². The predicted molar refractivity (Wildman–Crippen MR) is 104 cm³/mol. The van der Waals surface area contributed by atoms with Gasteiger partial charge in [-0.25, -0.2) is 0 Å². The van der Waals surface area contributed by atoms with Gasteiger partial charge in [0.25, 0.3) is 0 Å². The smallest absolute Gasteiger partial charge is 0.224 e. The minimum absolute atomic E-state index is 0.0176. The molecular formula is C20H25ClN2O3. The Balaban J connectivity index is 2.04. The monoisotopic (exact) mass is 376 g/mol. The number of hydrogen-bond acceptors (Lipinski definition) is 4. The fraction of sp³-hybridized carbons (Fsp3) is 0.350. The van der Waals surface area contributed by atoms with Crippen molar-refractivity contribution in [1.82, 2.24) is 10.2 Å². The quantitative estimate of drug-likeness (QED) is 0.767. The zero-order chi connectivity index (χ0) is 19.1. The van der Waals surface area contributed by atoms with Gasteiger partial charge in [0.1, 0.15) is 0 Å². The molecule has 0 fully saturated rings. The maximum Gasteiger partial charge on any atom is 0.224 e. The number of carbonyl (C=O) groups is 1. The molecular weight excluding hydrogens is 352 g/mol. The maximum atomic E-state index is 12.3. The molecule has 0 spiro atoms. The van der Waals surface area contributed by atoms with E-state index in [1.54, 1.807) is 26.4 Å². The van der Waals surface area contributed by atoms with Crippen LogP contribution < -0.4 is 14.8 Å². The fourth-order valence-electron chi connectivity index (χ4n) is 2.72. The molecule has 5 nitrogen and oxygen atoms in total. The van der Waals surface area contributed by atoms with Crippen LogP contribution in [0.25, 0.3) is 0 Å². The van der Waals surface area contributed by atoms with Gasteiger partial charge in [-0.05, 0) is 49.5 Å². The number of nitrogens with one attached hydrogen (secondary N) is 1. The van der Waals surface area contributed by atoms with Gasteiger partial charge >= 0.3 is 0 Å². The number of nitrogens with zero attached hydrogens (tertiary/aromatic N) is 1. The van der Waals surface area contributed by atoms with Crippen molar-refractivity contribution in [1.29, 1.82) is 0 Å². The fourth-order valence-corrected chi connectivity index (χ4v) is 2.85. The summed E-state index contributed by atoms with van der Waals surface area (Å²) in [6.45, 7) is 0.495. The molecule has 2 aromatic rings. The van der Waals surface area contributed by atoms with Gasteiger partial charge in [0.05, 0.1) is 26.7 Å². The number of likely N-dealkylation sites (N-methyl/N-ethyl adjacent to an activating group) is 1. The number of methoxy groups -OCH3 is 2. The van der Waals surface area contributed by atoms with E-state index in [0.717, 1.165) is 11.1 Å². The summed E-state index contributed by atoms with van der Waals surface area (Å²) < 4.78 is 10.7. The average Bonchev–Trinajstić information content (AvgIpc) is 2.63. The molecule has 0 bridgehead atoms. The summed E-state index contributed by atoms with van der Waals surface area (Å²) in [6, 6.07) is 13.1. The van der Waals surface area contributed by atoms with E-state index in [-0.39, 0.29) is 11.9 Å². The molecule has 140 valence electrons. The number of hydrogen-bond donors (Lipinski definition) is 1. The lowest BCUT2D eigenvalue weighted by Gasteiger charge is -2.26. The number of carbonyl (C=O) groups excluding carboxylic acids is 1. The molecule has 0 aliphatic heterocycles. The number of amides is 1. The van der Waals surface area contributed by atoms with Crippen molar-refractivity contribution in [2.24, 2.45) is 0 Å². The van der Waals surface area contributed by atoms with Gasteiger partial charge in [0.2, 0.25) is 5.91 Å². The molecule has 1 N–H and O–H groups in total. The lowest BCUT2D eigenvalue weighted by Crippen LogP contribution is -2.35. The van der Waals surface area contributed by atoms with E-state index in [1.807, 2.05) is 44.4 Å². The summed E-state index contributed by atoms with van der Waals surface area (Å²) >= 11 is 5.87. The molecule has 1 amide bonds. The number of ether oxygens (including phenoxy) is 2. The second kappa shape index (κ2) is 9.46. The highest BCUT2D eigenvalue weighted by Crippen LogP contribution is 2.31. The molecule has 1 unspecified atom stereocenters. The van der Waals surface area contributed by atoms with Crippen LogP contribution in [0.2, 0.25) is 5.02 Å². The second-order valence-corrected chi connectivity index (χ2v) is 6.64. The van der Waals surface area contributed by atoms with Gasteiger partial charge in [-0.2, -0.15) is 0 Å². The first-order chi connectivity index (χ1) is 12.4. The van der Waals surface area contributed by atoms with Crippen LogP contribution in [0.4, 0.5) is 0 Å². The van der Waals surface area contributed by atoms with Crippen LogP contribution in [0.3, 0.4) is 0 Å². The Hall–Kier alpha value is -2.24. The summed E-state index contributed by atoms with van der Waals surface area (Å²) in [5.74, 6) is 1.32. The summed E-state index contributed by atoms with van der Waals surface area (Å²) in [6.07, 6.45) is 0.323. The van der Waals surface area contributed by atoms with Crippen molar-refractivity contribution in [3.05, 3.63) is 58.6 Å². The van der Waals surface area contributed by atoms with E-state index in [1.165, 1.54) is 0 Å². The van der Waals surface area contributed by atoms with Crippen LogP contribution in [-0.4, -0.2) is 45.7 Å². The summed E-state index contributed by atoms with van der Waals surface area (Å²) in [5, 5.41) is 3.67. The highest BCUT2D eigenvalue weighted by molar-refractivity contribution is 6.30. The van der Waals surface area contributed by atoms with Crippen LogP contribution in [0.15, 0.2) is 42.5 Å². The van der Waals surface area contributed by atoms with Gasteiger partial charge < -0.3 is 19.7 Å². The molecule has 0 saturated heterocycles. The van der Waals surface area contributed by atoms with E-state index >= 15 is 0 Å². The lowest BCUT2D eigenvalue weighted by molar-refractivity contribution is -0.120. The highest BCUT2D eigenvalue weighted by atomic mass is 35.5. The third-order valence-electron chi connectivity index (χ3n) is 4.19. The van der Waals surface area contributed by atoms with E-state index in [0.29, 0.717) is 29.5 Å². The first kappa shape index (κ1) is 20.1. The van der Waals surface area contributed by atoms with Gasteiger partial charge in [-0.3, -0.25) is 4.79 Å². The number of benzene rings is 2. The zero-order valence-electron chi connectivity index (χ0n) is 15.6. The Morgan fingerprint density at radius 3 is 2.31 bits per heavy atom. The van der Waals surface area contributed by atoms with Crippen LogP contribution in [0.1, 0.15) is 17.2 Å². The van der Waals surface area contributed by atoms with Gasteiger partial charge in [-0.1, -0.05) is 29.8 Å². The first-order valence-electron chi connectivity index (χ1n) is 8.34. The Kier molecular flexibility index (Phi) is 7.30. The van der Waals surface area contributed by atoms with Crippen molar-refractivity contribution in [2.75, 3.05) is 34.9 Å². The van der Waals surface area contributed by atoms with Crippen LogP contribution >= 0.6 is 11.6 Å². The Labute approximate surface area is 159 Å². The second-order valence-electron chi connectivity index (χ2n) is 6.20. The topological polar surface area (TPSA) is 50.8 Å². The maximum absolute atomic E-state index is 12.3. The molecule has 0 aliphatic carbocycles. The van der Waals surface area contributed by atoms with Crippen molar-refractivity contribution < 1.29 is 14.3 Å². The molecule has 0 radical (unpaired) electrons. The third-order valence-corrected chi connectivity index (χ3v) is 4.44. The standard InChI is InChI=1S/C20H25ClN2O3/c1-23(2)17(15-7-10-18(25-3)19(12-15)26-4)13-22-20(24)11-14-5-8-16(21)9-6-14/h5-10,12,17H,11,13H2,1-4H3,(H,22,24). The van der Waals surface area contributed by atoms with E-state index in [4.69, 9.17) is 21.1 Å². The zero-order valence-corrected chi connectivity index (χ0v) is 16.3. The largest absolute Gasteiger partial charge is 0.493 e. The van der Waals surface area contributed by atoms with Gasteiger partial charge in [-0.15, -0.1) is 0 Å². The van der Waals surface area contributed by atoms with Crippen molar-refractivity contribution >= 4 is 17.5 Å². The molecule has 0 aliphatic rings. The molecule has 0 heterocycles. The minimum Gasteiger partial charge on any atom is -0.493 e. The molecule has 0 saturated carbocycles. The molecule has 6 heteroatoms. The molecule has 2 aromatic carbocycles. The summed E-state index contributed by atoms with van der Waals surface area (Å²) in [5.41, 5.74) is 1.97. The molecule has 0 aromatic heterocycles. The van der Waals surface area contributed by atoms with Gasteiger partial charge in [0, 0.05) is 11.6 Å². The Morgan fingerprint density at radius 1 is 1.08 bits per heavy atom. The molecule has 1 atom stereocenters. The average molecular weight is 377 g/mol. The normalized spacial score (nSPS) is 11.9. The molecule has 2 rings (SSSR count). The van der Waals surface area contributed by atoms with Crippen molar-refractivity contribution in [2.45, 2.75) is 12.5 Å². The van der Waals surface area contributed by atoms with Crippen molar-refractivity contribution in [3.8, 4) is 11.5 Å². The van der Waals surface area contributed by atoms with Crippen LogP contribution in [0.5, 0.6) is 11.5 Å². The predicted octanol–water partition coefficient (Wildman–Crippen LogP) is 3.32. The van der Waals surface area contributed by atoms with Crippen LogP contribution in [-0.2, 0) is 11.2 Å². The minimum atomic E-state index is -0.0281. The summed E-state index contributed by atoms with van der Waals surface area (Å²) in [4.78, 5) is 14.3. The highest BCUT2D eigenvalue weighted by Gasteiger charge is 2.17.